The second-order valence-corrected chi connectivity index (χ2v) is 7.74. The maximum atomic E-state index is 12.2. The third-order valence-electron chi connectivity index (χ3n) is 3.67. The van der Waals surface area contributed by atoms with Crippen LogP contribution in [0.3, 0.4) is 0 Å². The molecule has 0 saturated heterocycles. The number of hydrogen-bond donors (Lipinski definition) is 2. The predicted octanol–water partition coefficient (Wildman–Crippen LogP) is 4.32. The van der Waals surface area contributed by atoms with Crippen molar-refractivity contribution in [1.82, 2.24) is 5.32 Å². The lowest BCUT2D eigenvalue weighted by Gasteiger charge is -2.21. The second-order valence-electron chi connectivity index (χ2n) is 7.30. The summed E-state index contributed by atoms with van der Waals surface area (Å²) in [6, 6.07) is 11.5. The van der Waals surface area contributed by atoms with E-state index in [0.717, 1.165) is 5.56 Å². The van der Waals surface area contributed by atoms with Crippen molar-refractivity contribution in [1.29, 1.82) is 0 Å². The number of nitrogens with zero attached hydrogens (tertiary/aromatic N) is 1. The summed E-state index contributed by atoms with van der Waals surface area (Å²) in [5, 5.41) is 14.0. The van der Waals surface area contributed by atoms with Gasteiger partial charge in [-0.05, 0) is 32.4 Å². The van der Waals surface area contributed by atoms with Gasteiger partial charge in [0.05, 0.1) is 16.5 Å². The molecule has 1 amide bonds. The van der Waals surface area contributed by atoms with Gasteiger partial charge in [-0.15, -0.1) is 0 Å². The SMILES string of the molecule is CC(C)(C)OC(=O)N[C@@H](C#Cc1cc(Cl)cc([N+](=O)[O-])c1N)Cc1ccccc1. The van der Waals surface area contributed by atoms with Crippen molar-refractivity contribution in [3.63, 3.8) is 0 Å². The Morgan fingerprint density at radius 3 is 2.55 bits per heavy atom. The number of benzene rings is 2. The van der Waals surface area contributed by atoms with E-state index in [2.05, 4.69) is 17.2 Å². The van der Waals surface area contributed by atoms with Gasteiger partial charge < -0.3 is 15.8 Å². The lowest BCUT2D eigenvalue weighted by atomic mass is 10.1. The number of rotatable bonds is 4. The first-order valence-corrected chi connectivity index (χ1v) is 9.21. The van der Waals surface area contributed by atoms with Crippen LogP contribution < -0.4 is 11.1 Å². The van der Waals surface area contributed by atoms with Crippen molar-refractivity contribution in [2.75, 3.05) is 5.73 Å². The van der Waals surface area contributed by atoms with Crippen molar-refractivity contribution in [2.24, 2.45) is 0 Å². The second kappa shape index (κ2) is 9.30. The molecule has 2 aromatic rings. The molecule has 8 heteroatoms. The highest BCUT2D eigenvalue weighted by atomic mass is 35.5. The molecule has 3 N–H and O–H groups in total. The van der Waals surface area contributed by atoms with Crippen molar-refractivity contribution in [3.8, 4) is 11.8 Å². The van der Waals surface area contributed by atoms with Crippen molar-refractivity contribution < 1.29 is 14.5 Å². The molecule has 2 aromatic carbocycles. The van der Waals surface area contributed by atoms with Crippen LogP contribution in [0.15, 0.2) is 42.5 Å². The molecule has 0 aromatic heterocycles. The quantitative estimate of drug-likeness (QED) is 0.334. The van der Waals surface area contributed by atoms with Gasteiger partial charge in [0.15, 0.2) is 0 Å². The summed E-state index contributed by atoms with van der Waals surface area (Å²) in [6.45, 7) is 5.28. The molecule has 0 bridgehead atoms. The van der Waals surface area contributed by atoms with Crippen LogP contribution in [0, 0.1) is 22.0 Å². The number of halogens is 1. The van der Waals surface area contributed by atoms with Crippen LogP contribution in [0.5, 0.6) is 0 Å². The number of nitro benzene ring substituents is 1. The van der Waals surface area contributed by atoms with Crippen LogP contribution >= 0.6 is 11.6 Å². The van der Waals surface area contributed by atoms with Gasteiger partial charge in [-0.25, -0.2) is 4.79 Å². The van der Waals surface area contributed by atoms with E-state index < -0.39 is 22.7 Å². The van der Waals surface area contributed by atoms with Crippen LogP contribution in [0.4, 0.5) is 16.2 Å². The number of nitrogen functional groups attached to an aromatic ring is 1. The Morgan fingerprint density at radius 1 is 1.31 bits per heavy atom. The van der Waals surface area contributed by atoms with Gasteiger partial charge in [0.25, 0.3) is 5.69 Å². The standard InChI is InChI=1S/C21H22ClN3O4/c1-21(2,3)29-20(26)24-17(11-14-7-5-4-6-8-14)10-9-15-12-16(22)13-18(19(15)23)25(27)28/h4-8,12-13,17H,11,23H2,1-3H3,(H,24,26)/t17-/m0/s1. The third-order valence-corrected chi connectivity index (χ3v) is 3.89. The fourth-order valence-electron chi connectivity index (χ4n) is 2.46. The zero-order valence-corrected chi connectivity index (χ0v) is 17.1. The Hall–Kier alpha value is -3.24. The minimum Gasteiger partial charge on any atom is -0.444 e. The van der Waals surface area contributed by atoms with E-state index in [1.165, 1.54) is 12.1 Å². The van der Waals surface area contributed by atoms with Gasteiger partial charge in [-0.3, -0.25) is 10.1 Å². The van der Waals surface area contributed by atoms with E-state index in [1.54, 1.807) is 20.8 Å². The smallest absolute Gasteiger partial charge is 0.408 e. The monoisotopic (exact) mass is 415 g/mol. The van der Waals surface area contributed by atoms with E-state index in [-0.39, 0.29) is 22.0 Å². The van der Waals surface area contributed by atoms with Gasteiger partial charge in [0.2, 0.25) is 0 Å². The highest BCUT2D eigenvalue weighted by molar-refractivity contribution is 6.31. The fourth-order valence-corrected chi connectivity index (χ4v) is 2.67. The van der Waals surface area contributed by atoms with Crippen LogP contribution in [0.25, 0.3) is 0 Å². The molecule has 2 rings (SSSR count). The summed E-state index contributed by atoms with van der Waals surface area (Å²) < 4.78 is 5.30. The third kappa shape index (κ3) is 7.01. The number of nitro groups is 1. The minimum atomic E-state index is -0.660. The maximum Gasteiger partial charge on any atom is 0.408 e. The maximum absolute atomic E-state index is 12.2. The van der Waals surface area contributed by atoms with Gasteiger partial charge in [-0.1, -0.05) is 53.8 Å². The average Bonchev–Trinajstić information content (AvgIpc) is 2.61. The highest BCUT2D eigenvalue weighted by Crippen LogP contribution is 2.29. The lowest BCUT2D eigenvalue weighted by molar-refractivity contribution is -0.383. The largest absolute Gasteiger partial charge is 0.444 e. The Balaban J connectivity index is 2.33. The number of amides is 1. The normalized spacial score (nSPS) is 11.7. The Kier molecular flexibility index (Phi) is 7.08. The molecule has 0 aliphatic heterocycles. The molecule has 0 heterocycles. The molecule has 0 saturated carbocycles. The fraction of sp³-hybridized carbons (Fsp3) is 0.286. The van der Waals surface area contributed by atoms with E-state index in [9.17, 15) is 14.9 Å². The summed E-state index contributed by atoms with van der Waals surface area (Å²) in [5.74, 6) is 5.72. The zero-order chi connectivity index (χ0) is 21.6. The summed E-state index contributed by atoms with van der Waals surface area (Å²) in [7, 11) is 0. The number of carbonyl (C=O) groups excluding carboxylic acids is 1. The first-order chi connectivity index (χ1) is 13.5. The molecule has 1 atom stereocenters. The first kappa shape index (κ1) is 22.1. The molecule has 29 heavy (non-hydrogen) atoms. The number of nitrogens with two attached hydrogens (primary N) is 1. The van der Waals surface area contributed by atoms with E-state index in [0.29, 0.717) is 6.42 Å². The molecular formula is C21H22ClN3O4. The summed E-state index contributed by atoms with van der Waals surface area (Å²) in [5.41, 5.74) is 5.97. The molecule has 152 valence electrons. The molecule has 0 radical (unpaired) electrons. The summed E-state index contributed by atoms with van der Waals surface area (Å²) >= 11 is 5.95. The zero-order valence-electron chi connectivity index (χ0n) is 16.4. The molecule has 0 aliphatic carbocycles. The molecule has 7 nitrogen and oxygen atoms in total. The van der Waals surface area contributed by atoms with Crippen molar-refractivity contribution >= 4 is 29.1 Å². The van der Waals surface area contributed by atoms with Gasteiger partial charge in [0.1, 0.15) is 11.3 Å². The molecule has 0 aliphatic rings. The van der Waals surface area contributed by atoms with Gasteiger partial charge >= 0.3 is 6.09 Å². The number of anilines is 1. The van der Waals surface area contributed by atoms with E-state index in [1.807, 2.05) is 30.3 Å². The summed E-state index contributed by atoms with van der Waals surface area (Å²) in [4.78, 5) is 22.7. The predicted molar refractivity (Wildman–Crippen MR) is 113 cm³/mol. The minimum absolute atomic E-state index is 0.0809. The Labute approximate surface area is 174 Å². The highest BCUT2D eigenvalue weighted by Gasteiger charge is 2.19. The number of carbonyl (C=O) groups is 1. The van der Waals surface area contributed by atoms with Gasteiger partial charge in [-0.2, -0.15) is 0 Å². The summed E-state index contributed by atoms with van der Waals surface area (Å²) in [6.07, 6.45) is -0.201. The lowest BCUT2D eigenvalue weighted by Crippen LogP contribution is -2.39. The first-order valence-electron chi connectivity index (χ1n) is 8.83. The molecule has 0 unspecified atom stereocenters. The van der Waals surface area contributed by atoms with Crippen molar-refractivity contribution in [2.45, 2.75) is 38.8 Å². The number of ether oxygens (including phenoxy) is 1. The number of alkyl carbamates (subject to hydrolysis) is 1. The van der Waals surface area contributed by atoms with Gasteiger partial charge in [0, 0.05) is 17.5 Å². The Bertz CT molecular complexity index is 960. The topological polar surface area (TPSA) is 107 Å². The molecule has 0 spiro atoms. The van der Waals surface area contributed by atoms with Crippen LogP contribution in [-0.2, 0) is 11.2 Å². The van der Waals surface area contributed by atoms with Crippen LogP contribution in [-0.4, -0.2) is 22.7 Å². The average molecular weight is 416 g/mol. The van der Waals surface area contributed by atoms with Crippen LogP contribution in [0.1, 0.15) is 31.9 Å². The van der Waals surface area contributed by atoms with E-state index >= 15 is 0 Å². The number of nitrogens with one attached hydrogen (secondary N) is 1. The Morgan fingerprint density at radius 2 is 1.97 bits per heavy atom. The van der Waals surface area contributed by atoms with Crippen LogP contribution in [0.2, 0.25) is 5.02 Å². The number of hydrogen-bond acceptors (Lipinski definition) is 5. The van der Waals surface area contributed by atoms with Crippen molar-refractivity contribution in [3.05, 3.63) is 68.7 Å². The molecular weight excluding hydrogens is 394 g/mol. The molecule has 0 fully saturated rings. The van der Waals surface area contributed by atoms with E-state index in [4.69, 9.17) is 22.1 Å².